The van der Waals surface area contributed by atoms with E-state index in [9.17, 15) is 26.3 Å². The van der Waals surface area contributed by atoms with Crippen LogP contribution in [0.5, 0.6) is 5.75 Å². The molecule has 26 heavy (non-hydrogen) atoms. The topological polar surface area (TPSA) is 22.1 Å². The normalized spacial score (nSPS) is 12.4. The molecular weight excluding hydrogens is 360 g/mol. The molecule has 2 nitrogen and oxygen atoms in total. The van der Waals surface area contributed by atoms with Crippen molar-refractivity contribution in [2.45, 2.75) is 12.4 Å². The molecule has 0 bridgehead atoms. The van der Waals surface area contributed by atoms with Crippen molar-refractivity contribution < 1.29 is 31.1 Å². The zero-order valence-electron chi connectivity index (χ0n) is 13.2. The molecule has 2 aromatic carbocycles. The van der Waals surface area contributed by atoms with Gasteiger partial charge in [0.2, 0.25) is 0 Å². The number of alkyl halides is 6. The van der Waals surface area contributed by atoms with Crippen LogP contribution in [0.3, 0.4) is 0 Å². The Balaban J connectivity index is 2.36. The highest BCUT2D eigenvalue weighted by molar-refractivity contribution is 5.96. The first-order valence-corrected chi connectivity index (χ1v) is 7.34. The Morgan fingerprint density at radius 2 is 1.50 bits per heavy atom. The Bertz CT molecular complexity index is 945. The molecule has 3 aromatic rings. The van der Waals surface area contributed by atoms with Crippen molar-refractivity contribution in [2.75, 3.05) is 7.11 Å². The van der Waals surface area contributed by atoms with Gasteiger partial charge >= 0.3 is 12.4 Å². The molecule has 0 radical (unpaired) electrons. The monoisotopic (exact) mass is 371 g/mol. The molecular formula is C18H11F6NO. The van der Waals surface area contributed by atoms with Gasteiger partial charge in [-0.1, -0.05) is 24.3 Å². The van der Waals surface area contributed by atoms with Crippen molar-refractivity contribution >= 4 is 10.9 Å². The summed E-state index contributed by atoms with van der Waals surface area (Å²) in [7, 11) is 1.42. The standard InChI is InChI=1S/C18H11F6NO/c1-26-11-7-5-10(6-8-11)13-9-15(18(22,23)24)25-16-12(13)3-2-4-14(16)17(19,20)21/h2-9H,1H3. The smallest absolute Gasteiger partial charge is 0.433 e. The van der Waals surface area contributed by atoms with Crippen LogP contribution in [0.4, 0.5) is 26.3 Å². The highest BCUT2D eigenvalue weighted by atomic mass is 19.4. The van der Waals surface area contributed by atoms with E-state index in [1.807, 2.05) is 0 Å². The number of ether oxygens (including phenoxy) is 1. The average molecular weight is 371 g/mol. The minimum absolute atomic E-state index is 0.0103. The van der Waals surface area contributed by atoms with Gasteiger partial charge in [0, 0.05) is 5.39 Å². The van der Waals surface area contributed by atoms with E-state index in [0.717, 1.165) is 12.1 Å². The summed E-state index contributed by atoms with van der Waals surface area (Å²) in [6.45, 7) is 0. The number of benzene rings is 2. The lowest BCUT2D eigenvalue weighted by atomic mass is 9.97. The van der Waals surface area contributed by atoms with E-state index < -0.39 is 29.1 Å². The highest BCUT2D eigenvalue weighted by Crippen LogP contribution is 2.40. The van der Waals surface area contributed by atoms with Gasteiger partial charge < -0.3 is 4.74 Å². The molecule has 0 aliphatic rings. The second-order valence-corrected chi connectivity index (χ2v) is 5.48. The van der Waals surface area contributed by atoms with Gasteiger partial charge in [-0.25, -0.2) is 4.98 Å². The van der Waals surface area contributed by atoms with Crippen LogP contribution in [0, 0.1) is 0 Å². The number of pyridine rings is 1. The number of nitrogens with zero attached hydrogens (tertiary/aromatic N) is 1. The molecule has 1 aromatic heterocycles. The van der Waals surface area contributed by atoms with Crippen molar-refractivity contribution in [1.29, 1.82) is 0 Å². The van der Waals surface area contributed by atoms with Gasteiger partial charge in [0.05, 0.1) is 18.2 Å². The van der Waals surface area contributed by atoms with Crippen LogP contribution in [-0.2, 0) is 12.4 Å². The first-order chi connectivity index (χ1) is 12.1. The van der Waals surface area contributed by atoms with Crippen LogP contribution in [0.1, 0.15) is 11.3 Å². The van der Waals surface area contributed by atoms with Crippen LogP contribution >= 0.6 is 0 Å². The van der Waals surface area contributed by atoms with Gasteiger partial charge in [-0.15, -0.1) is 0 Å². The number of hydrogen-bond acceptors (Lipinski definition) is 2. The van der Waals surface area contributed by atoms with Gasteiger partial charge in [-0.3, -0.25) is 0 Å². The maximum absolute atomic E-state index is 13.2. The van der Waals surface area contributed by atoms with Crippen LogP contribution in [0.15, 0.2) is 48.5 Å². The Morgan fingerprint density at radius 3 is 2.04 bits per heavy atom. The molecule has 0 unspecified atom stereocenters. The molecule has 0 fully saturated rings. The minimum Gasteiger partial charge on any atom is -0.497 e. The number of hydrogen-bond donors (Lipinski definition) is 0. The Labute approximate surface area is 144 Å². The molecule has 0 amide bonds. The molecule has 0 aliphatic heterocycles. The molecule has 0 atom stereocenters. The largest absolute Gasteiger partial charge is 0.497 e. The Morgan fingerprint density at radius 1 is 0.846 bits per heavy atom. The Kier molecular flexibility index (Phi) is 4.29. The third-order valence-corrected chi connectivity index (χ3v) is 3.84. The summed E-state index contributed by atoms with van der Waals surface area (Å²) in [5.41, 5.74) is -3.00. The lowest BCUT2D eigenvalue weighted by Gasteiger charge is -2.16. The summed E-state index contributed by atoms with van der Waals surface area (Å²) in [6.07, 6.45) is -9.71. The zero-order valence-corrected chi connectivity index (χ0v) is 13.2. The van der Waals surface area contributed by atoms with E-state index in [0.29, 0.717) is 17.4 Å². The molecule has 8 heteroatoms. The van der Waals surface area contributed by atoms with Crippen molar-refractivity contribution in [2.24, 2.45) is 0 Å². The van der Waals surface area contributed by atoms with E-state index in [4.69, 9.17) is 4.74 Å². The van der Waals surface area contributed by atoms with Gasteiger partial charge in [-0.05, 0) is 35.4 Å². The van der Waals surface area contributed by atoms with E-state index in [1.54, 1.807) is 0 Å². The van der Waals surface area contributed by atoms with Crippen LogP contribution < -0.4 is 4.74 Å². The van der Waals surface area contributed by atoms with E-state index in [-0.39, 0.29) is 10.9 Å². The zero-order chi connectivity index (χ0) is 19.1. The molecule has 0 spiro atoms. The van der Waals surface area contributed by atoms with E-state index in [2.05, 4.69) is 4.98 Å². The number of aromatic nitrogens is 1. The first kappa shape index (κ1) is 18.0. The maximum Gasteiger partial charge on any atom is 0.433 e. The fourth-order valence-electron chi connectivity index (χ4n) is 2.63. The predicted molar refractivity (Wildman–Crippen MR) is 83.7 cm³/mol. The van der Waals surface area contributed by atoms with Crippen LogP contribution in [0.2, 0.25) is 0 Å². The number of methoxy groups -OCH3 is 1. The molecule has 1 heterocycles. The lowest BCUT2D eigenvalue weighted by Crippen LogP contribution is -2.12. The van der Waals surface area contributed by atoms with E-state index in [1.165, 1.54) is 37.4 Å². The SMILES string of the molecule is COc1ccc(-c2cc(C(F)(F)F)nc3c(C(F)(F)F)cccc23)cc1. The van der Waals surface area contributed by atoms with Crippen LogP contribution in [0.25, 0.3) is 22.0 Å². The highest BCUT2D eigenvalue weighted by Gasteiger charge is 2.37. The third-order valence-electron chi connectivity index (χ3n) is 3.84. The third kappa shape index (κ3) is 3.31. The molecule has 136 valence electrons. The predicted octanol–water partition coefficient (Wildman–Crippen LogP) is 5.95. The molecule has 0 aliphatic carbocycles. The van der Waals surface area contributed by atoms with Gasteiger partial charge in [0.25, 0.3) is 0 Å². The van der Waals surface area contributed by atoms with Gasteiger partial charge in [0.15, 0.2) is 0 Å². The summed E-state index contributed by atoms with van der Waals surface area (Å²) in [6, 6.07) is 9.93. The molecule has 0 saturated carbocycles. The number of para-hydroxylation sites is 1. The number of fused-ring (bicyclic) bond motifs is 1. The lowest BCUT2D eigenvalue weighted by molar-refractivity contribution is -0.142. The number of rotatable bonds is 2. The fourth-order valence-corrected chi connectivity index (χ4v) is 2.63. The summed E-state index contributed by atoms with van der Waals surface area (Å²) in [5.74, 6) is 0.471. The Hall–Kier alpha value is -2.77. The van der Waals surface area contributed by atoms with Crippen molar-refractivity contribution in [3.05, 3.63) is 59.8 Å². The molecule has 0 saturated heterocycles. The van der Waals surface area contributed by atoms with Gasteiger partial charge in [-0.2, -0.15) is 26.3 Å². The van der Waals surface area contributed by atoms with Crippen molar-refractivity contribution in [1.82, 2.24) is 4.98 Å². The maximum atomic E-state index is 13.2. The number of halogens is 6. The second kappa shape index (κ2) is 6.19. The summed E-state index contributed by atoms with van der Waals surface area (Å²) in [4.78, 5) is 3.26. The quantitative estimate of drug-likeness (QED) is 0.520. The second-order valence-electron chi connectivity index (χ2n) is 5.48. The molecule has 0 N–H and O–H groups in total. The summed E-state index contributed by atoms with van der Waals surface area (Å²) < 4.78 is 84.3. The minimum atomic E-state index is -4.88. The van der Waals surface area contributed by atoms with Gasteiger partial charge in [0.1, 0.15) is 11.4 Å². The fraction of sp³-hybridized carbons (Fsp3) is 0.167. The van der Waals surface area contributed by atoms with Crippen molar-refractivity contribution in [3.8, 4) is 16.9 Å². The summed E-state index contributed by atoms with van der Waals surface area (Å²) in [5, 5.41) is -0.0157. The van der Waals surface area contributed by atoms with E-state index >= 15 is 0 Å². The van der Waals surface area contributed by atoms with Crippen molar-refractivity contribution in [3.63, 3.8) is 0 Å². The molecule has 3 rings (SSSR count). The average Bonchev–Trinajstić information content (AvgIpc) is 2.58. The first-order valence-electron chi connectivity index (χ1n) is 7.34. The van der Waals surface area contributed by atoms with Crippen LogP contribution in [-0.4, -0.2) is 12.1 Å². The summed E-state index contributed by atoms with van der Waals surface area (Å²) >= 11 is 0.